The van der Waals surface area contributed by atoms with Crippen LogP contribution in [0.25, 0.3) is 0 Å². The van der Waals surface area contributed by atoms with Gasteiger partial charge in [0.25, 0.3) is 0 Å². The van der Waals surface area contributed by atoms with Gasteiger partial charge in [0.1, 0.15) is 0 Å². The second-order valence-electron chi connectivity index (χ2n) is 4.13. The van der Waals surface area contributed by atoms with Crippen LogP contribution < -0.4 is 0 Å². The Labute approximate surface area is 97.2 Å². The Morgan fingerprint density at radius 2 is 1.80 bits per heavy atom. The fourth-order valence-electron chi connectivity index (χ4n) is 1.90. The Kier molecular flexibility index (Phi) is 3.97. The molecule has 2 heteroatoms. The molecule has 0 saturated heterocycles. The first-order valence-corrected chi connectivity index (χ1v) is 6.32. The van der Waals surface area contributed by atoms with Crippen molar-refractivity contribution < 1.29 is 0 Å². The van der Waals surface area contributed by atoms with Crippen molar-refractivity contribution in [2.24, 2.45) is 4.40 Å². The molecule has 1 rings (SSSR count). The fourth-order valence-corrected chi connectivity index (χ4v) is 2.31. The maximum atomic E-state index is 4.54. The second kappa shape index (κ2) is 4.84. The Balaban J connectivity index is 3.41. The summed E-state index contributed by atoms with van der Waals surface area (Å²) in [5.74, 6) is 0. The molecule has 0 radical (unpaired) electrons. The highest BCUT2D eigenvalue weighted by atomic mass is 32.2. The summed E-state index contributed by atoms with van der Waals surface area (Å²) in [6, 6.07) is 0. The van der Waals surface area contributed by atoms with E-state index in [9.17, 15) is 0 Å². The zero-order valence-corrected chi connectivity index (χ0v) is 11.2. The van der Waals surface area contributed by atoms with Crippen molar-refractivity contribution in [2.75, 3.05) is 6.26 Å². The maximum Gasteiger partial charge on any atom is 0.0818 e. The third-order valence-corrected chi connectivity index (χ3v) is 3.06. The Bertz CT molecular complexity index is 391. The van der Waals surface area contributed by atoms with Crippen LogP contribution in [0.1, 0.15) is 34.6 Å². The van der Waals surface area contributed by atoms with Gasteiger partial charge in [0.2, 0.25) is 0 Å². The van der Waals surface area contributed by atoms with Gasteiger partial charge in [-0.3, -0.25) is 0 Å². The van der Waals surface area contributed by atoms with Crippen molar-refractivity contribution in [3.05, 3.63) is 33.9 Å². The molecule has 0 unspecified atom stereocenters. The van der Waals surface area contributed by atoms with Gasteiger partial charge in [-0.05, 0) is 63.3 Å². The lowest BCUT2D eigenvalue weighted by Crippen LogP contribution is -2.12. The fraction of sp³-hybridized carbons (Fsp3) is 0.462. The lowest BCUT2D eigenvalue weighted by molar-refractivity contribution is 1.24. The van der Waals surface area contributed by atoms with Gasteiger partial charge in [-0.1, -0.05) is 11.6 Å². The zero-order chi connectivity index (χ0) is 11.6. The maximum absolute atomic E-state index is 4.54. The Morgan fingerprint density at radius 3 is 2.27 bits per heavy atom. The quantitative estimate of drug-likeness (QED) is 0.600. The molecule has 0 aromatic heterocycles. The van der Waals surface area contributed by atoms with E-state index >= 15 is 0 Å². The van der Waals surface area contributed by atoms with Crippen LogP contribution >= 0.6 is 11.9 Å². The molecule has 0 bridgehead atoms. The minimum atomic E-state index is 1.15. The largest absolute Gasteiger partial charge is 0.216 e. The van der Waals surface area contributed by atoms with E-state index < -0.39 is 0 Å². The third kappa shape index (κ3) is 2.43. The SMILES string of the molecule is CSN=C1C(C)=C(C)C=C(C)C1=C(C)C. The number of rotatable bonds is 1. The average Bonchev–Trinajstić information content (AvgIpc) is 2.13. The molecule has 0 saturated carbocycles. The van der Waals surface area contributed by atoms with E-state index in [4.69, 9.17) is 0 Å². The number of nitrogens with zero attached hydrogens (tertiary/aromatic N) is 1. The van der Waals surface area contributed by atoms with Gasteiger partial charge < -0.3 is 0 Å². The molecule has 0 aromatic carbocycles. The first-order chi connectivity index (χ1) is 6.99. The summed E-state index contributed by atoms with van der Waals surface area (Å²) < 4.78 is 4.54. The standard InChI is InChI=1S/C13H19NS/c1-8(2)12-10(4)7-9(3)11(5)13(12)14-15-6/h7H,1-6H3. The number of allylic oxidation sites excluding steroid dienone is 6. The summed E-state index contributed by atoms with van der Waals surface area (Å²) in [6.07, 6.45) is 4.25. The Morgan fingerprint density at radius 1 is 1.20 bits per heavy atom. The van der Waals surface area contributed by atoms with Crippen LogP contribution in [0.15, 0.2) is 38.3 Å². The predicted molar refractivity (Wildman–Crippen MR) is 71.5 cm³/mol. The monoisotopic (exact) mass is 221 g/mol. The normalized spacial score (nSPS) is 19.7. The molecule has 82 valence electrons. The van der Waals surface area contributed by atoms with Crippen molar-refractivity contribution in [3.8, 4) is 0 Å². The molecule has 0 aliphatic heterocycles. The first kappa shape index (κ1) is 12.3. The van der Waals surface area contributed by atoms with Gasteiger partial charge in [-0.2, -0.15) is 0 Å². The molecular weight excluding hydrogens is 202 g/mol. The minimum absolute atomic E-state index is 1.15. The van der Waals surface area contributed by atoms with Gasteiger partial charge >= 0.3 is 0 Å². The molecule has 1 nitrogen and oxygen atoms in total. The van der Waals surface area contributed by atoms with Gasteiger partial charge in [0.05, 0.1) is 5.71 Å². The molecule has 0 fully saturated rings. The van der Waals surface area contributed by atoms with Crippen molar-refractivity contribution in [2.45, 2.75) is 34.6 Å². The van der Waals surface area contributed by atoms with Crippen LogP contribution in [-0.4, -0.2) is 12.0 Å². The highest BCUT2D eigenvalue weighted by molar-refractivity contribution is 7.97. The van der Waals surface area contributed by atoms with E-state index in [0.717, 1.165) is 5.71 Å². The van der Waals surface area contributed by atoms with E-state index in [2.05, 4.69) is 45.1 Å². The minimum Gasteiger partial charge on any atom is -0.216 e. The van der Waals surface area contributed by atoms with Crippen molar-refractivity contribution in [1.29, 1.82) is 0 Å². The summed E-state index contributed by atoms with van der Waals surface area (Å²) in [7, 11) is 0. The molecule has 0 amide bonds. The molecule has 15 heavy (non-hydrogen) atoms. The molecule has 0 spiro atoms. The van der Waals surface area contributed by atoms with Crippen LogP contribution in [0.5, 0.6) is 0 Å². The van der Waals surface area contributed by atoms with E-state index in [-0.39, 0.29) is 0 Å². The molecule has 0 atom stereocenters. The highest BCUT2D eigenvalue weighted by Crippen LogP contribution is 2.29. The van der Waals surface area contributed by atoms with Gasteiger partial charge in [-0.25, -0.2) is 4.40 Å². The first-order valence-electron chi connectivity index (χ1n) is 5.14. The predicted octanol–water partition coefficient (Wildman–Crippen LogP) is 4.34. The average molecular weight is 221 g/mol. The highest BCUT2D eigenvalue weighted by Gasteiger charge is 2.18. The van der Waals surface area contributed by atoms with Crippen LogP contribution in [0.2, 0.25) is 0 Å². The van der Waals surface area contributed by atoms with Crippen molar-refractivity contribution >= 4 is 17.7 Å². The summed E-state index contributed by atoms with van der Waals surface area (Å²) in [5.41, 5.74) is 7.75. The molecule has 0 heterocycles. The Hall–Kier alpha value is -0.760. The van der Waals surface area contributed by atoms with Crippen LogP contribution in [0, 0.1) is 0 Å². The molecule has 0 N–H and O–H groups in total. The van der Waals surface area contributed by atoms with Gasteiger partial charge in [0, 0.05) is 11.8 Å². The number of hydrogen-bond acceptors (Lipinski definition) is 2. The smallest absolute Gasteiger partial charge is 0.0818 e. The zero-order valence-electron chi connectivity index (χ0n) is 10.4. The lowest BCUT2D eigenvalue weighted by Gasteiger charge is -2.20. The van der Waals surface area contributed by atoms with E-state index in [0.29, 0.717) is 0 Å². The summed E-state index contributed by atoms with van der Waals surface area (Å²) in [6.45, 7) is 10.8. The lowest BCUT2D eigenvalue weighted by atomic mass is 9.86. The van der Waals surface area contributed by atoms with Crippen LogP contribution in [0.4, 0.5) is 0 Å². The van der Waals surface area contributed by atoms with E-state index in [1.165, 1.54) is 39.8 Å². The summed E-state index contributed by atoms with van der Waals surface area (Å²) >= 11 is 1.53. The molecule has 0 aromatic rings. The summed E-state index contributed by atoms with van der Waals surface area (Å²) in [5, 5.41) is 0. The van der Waals surface area contributed by atoms with E-state index in [1.807, 2.05) is 6.26 Å². The molecular formula is C13H19NS. The number of hydrogen-bond donors (Lipinski definition) is 0. The molecule has 1 aliphatic carbocycles. The topological polar surface area (TPSA) is 12.4 Å². The summed E-state index contributed by atoms with van der Waals surface area (Å²) in [4.78, 5) is 0. The van der Waals surface area contributed by atoms with Gasteiger partial charge in [-0.15, -0.1) is 0 Å². The van der Waals surface area contributed by atoms with Crippen molar-refractivity contribution in [1.82, 2.24) is 0 Å². The van der Waals surface area contributed by atoms with Crippen LogP contribution in [0.3, 0.4) is 0 Å². The van der Waals surface area contributed by atoms with Gasteiger partial charge in [0.15, 0.2) is 0 Å². The van der Waals surface area contributed by atoms with Crippen molar-refractivity contribution in [3.63, 3.8) is 0 Å². The van der Waals surface area contributed by atoms with Crippen LogP contribution in [-0.2, 0) is 0 Å². The van der Waals surface area contributed by atoms with E-state index in [1.54, 1.807) is 0 Å². The molecule has 1 aliphatic rings. The second-order valence-corrected chi connectivity index (χ2v) is 4.68. The third-order valence-electron chi connectivity index (χ3n) is 2.69.